The highest BCUT2D eigenvalue weighted by Gasteiger charge is 2.32. The number of halogens is 1. The Kier molecular flexibility index (Phi) is 5.40. The van der Waals surface area contributed by atoms with E-state index < -0.39 is 12.0 Å². The number of nitrogens with zero attached hydrogens (tertiary/aromatic N) is 2. The molecule has 0 bridgehead atoms. The SMILES string of the molecule is O=C(O)[C@H](c1c[nH]c2ccc(Cl)cc12)N1CCN(Cc2cccc3ccccc23)CC1. The lowest BCUT2D eigenvalue weighted by Crippen LogP contribution is -2.48. The Balaban J connectivity index is 1.33. The number of fused-ring (bicyclic) bond motifs is 2. The van der Waals surface area contributed by atoms with Gasteiger partial charge in [-0.2, -0.15) is 0 Å². The minimum atomic E-state index is -0.830. The van der Waals surface area contributed by atoms with E-state index in [1.165, 1.54) is 16.3 Å². The van der Waals surface area contributed by atoms with Crippen LogP contribution < -0.4 is 0 Å². The van der Waals surface area contributed by atoms with Gasteiger partial charge in [0.1, 0.15) is 6.04 Å². The number of carboxylic acids is 1. The van der Waals surface area contributed by atoms with E-state index in [2.05, 4.69) is 57.2 Å². The Morgan fingerprint density at radius 3 is 2.58 bits per heavy atom. The van der Waals surface area contributed by atoms with Gasteiger partial charge in [-0.15, -0.1) is 0 Å². The summed E-state index contributed by atoms with van der Waals surface area (Å²) < 4.78 is 0. The van der Waals surface area contributed by atoms with Crippen LogP contribution in [-0.4, -0.2) is 52.0 Å². The van der Waals surface area contributed by atoms with Gasteiger partial charge < -0.3 is 10.1 Å². The Bertz CT molecular complexity index is 1240. The molecule has 5 nitrogen and oxygen atoms in total. The number of rotatable bonds is 5. The molecule has 1 atom stereocenters. The fraction of sp³-hybridized carbons (Fsp3) is 0.240. The number of nitrogens with one attached hydrogen (secondary N) is 1. The molecule has 0 saturated carbocycles. The van der Waals surface area contributed by atoms with Crippen molar-refractivity contribution >= 4 is 39.2 Å². The number of benzene rings is 3. The maximum Gasteiger partial charge on any atom is 0.325 e. The van der Waals surface area contributed by atoms with Crippen molar-refractivity contribution < 1.29 is 9.90 Å². The molecule has 1 aromatic heterocycles. The Labute approximate surface area is 185 Å². The second kappa shape index (κ2) is 8.35. The van der Waals surface area contributed by atoms with Gasteiger partial charge in [0, 0.05) is 60.4 Å². The smallest absolute Gasteiger partial charge is 0.325 e. The van der Waals surface area contributed by atoms with Gasteiger partial charge in [-0.05, 0) is 34.5 Å². The maximum absolute atomic E-state index is 12.2. The average Bonchev–Trinajstić information content (AvgIpc) is 3.18. The zero-order chi connectivity index (χ0) is 21.4. The second-order valence-corrected chi connectivity index (χ2v) is 8.56. The largest absolute Gasteiger partial charge is 0.480 e. The molecule has 1 fully saturated rings. The van der Waals surface area contributed by atoms with Gasteiger partial charge in [0.05, 0.1) is 0 Å². The molecule has 0 spiro atoms. The van der Waals surface area contributed by atoms with E-state index in [0.717, 1.165) is 36.1 Å². The molecule has 31 heavy (non-hydrogen) atoms. The van der Waals surface area contributed by atoms with Crippen molar-refractivity contribution in [2.75, 3.05) is 26.2 Å². The van der Waals surface area contributed by atoms with E-state index in [9.17, 15) is 9.90 Å². The molecule has 6 heteroatoms. The van der Waals surface area contributed by atoms with Gasteiger partial charge in [0.2, 0.25) is 0 Å². The summed E-state index contributed by atoms with van der Waals surface area (Å²) >= 11 is 6.17. The van der Waals surface area contributed by atoms with Crippen LogP contribution >= 0.6 is 11.6 Å². The van der Waals surface area contributed by atoms with Crippen molar-refractivity contribution in [1.82, 2.24) is 14.8 Å². The van der Waals surface area contributed by atoms with Crippen LogP contribution in [0.3, 0.4) is 0 Å². The summed E-state index contributed by atoms with van der Waals surface area (Å²) in [7, 11) is 0. The number of H-pyrrole nitrogens is 1. The fourth-order valence-corrected chi connectivity index (χ4v) is 4.85. The molecule has 158 valence electrons. The van der Waals surface area contributed by atoms with Gasteiger partial charge in [0.25, 0.3) is 0 Å². The van der Waals surface area contributed by atoms with E-state index in [4.69, 9.17) is 11.6 Å². The highest BCUT2D eigenvalue weighted by atomic mass is 35.5. The van der Waals surface area contributed by atoms with Crippen molar-refractivity contribution in [2.45, 2.75) is 12.6 Å². The van der Waals surface area contributed by atoms with Gasteiger partial charge in [-0.1, -0.05) is 54.1 Å². The summed E-state index contributed by atoms with van der Waals surface area (Å²) in [5, 5.41) is 14.1. The van der Waals surface area contributed by atoms with Crippen molar-refractivity contribution in [3.8, 4) is 0 Å². The summed E-state index contributed by atoms with van der Waals surface area (Å²) in [6, 6.07) is 19.7. The van der Waals surface area contributed by atoms with Gasteiger partial charge in [0.15, 0.2) is 0 Å². The van der Waals surface area contributed by atoms with Crippen LogP contribution in [0.4, 0.5) is 0 Å². The van der Waals surface area contributed by atoms with Gasteiger partial charge in [-0.3, -0.25) is 14.6 Å². The standard InChI is InChI=1S/C25H24ClN3O2/c26-19-8-9-23-21(14-19)22(15-27-23)24(25(30)31)29-12-10-28(11-13-29)16-18-6-3-5-17-4-1-2-7-20(17)18/h1-9,14-15,24,27H,10-13,16H2,(H,30,31)/t24-/m0/s1. The number of hydrogen-bond donors (Lipinski definition) is 2. The summed E-state index contributed by atoms with van der Waals surface area (Å²) in [5.41, 5.74) is 2.99. The molecule has 0 aliphatic carbocycles. The number of aromatic amines is 1. The van der Waals surface area contributed by atoms with Crippen molar-refractivity contribution in [3.05, 3.63) is 83.0 Å². The normalized spacial score (nSPS) is 16.7. The van der Waals surface area contributed by atoms with E-state index in [-0.39, 0.29) is 0 Å². The number of piperazine rings is 1. The summed E-state index contributed by atoms with van der Waals surface area (Å²) in [4.78, 5) is 19.9. The first kappa shape index (κ1) is 20.1. The number of aliphatic carboxylic acids is 1. The van der Waals surface area contributed by atoms with Crippen LogP contribution in [-0.2, 0) is 11.3 Å². The lowest BCUT2D eigenvalue weighted by molar-refractivity contribution is -0.144. The molecule has 0 unspecified atom stereocenters. The topological polar surface area (TPSA) is 59.6 Å². The molecule has 1 saturated heterocycles. The van der Waals surface area contributed by atoms with Gasteiger partial charge >= 0.3 is 5.97 Å². The summed E-state index contributed by atoms with van der Waals surface area (Å²) in [5.74, 6) is -0.830. The van der Waals surface area contributed by atoms with Crippen LogP contribution in [0.15, 0.2) is 66.9 Å². The third-order valence-corrected chi connectivity index (χ3v) is 6.49. The second-order valence-electron chi connectivity index (χ2n) is 8.13. The van der Waals surface area contributed by atoms with Crippen molar-refractivity contribution in [1.29, 1.82) is 0 Å². The lowest BCUT2D eigenvalue weighted by Gasteiger charge is -2.37. The van der Waals surface area contributed by atoms with E-state index >= 15 is 0 Å². The number of hydrogen-bond acceptors (Lipinski definition) is 3. The third kappa shape index (κ3) is 3.92. The number of carbonyl (C=O) groups is 1. The zero-order valence-electron chi connectivity index (χ0n) is 17.1. The predicted molar refractivity (Wildman–Crippen MR) is 124 cm³/mol. The molecule has 2 N–H and O–H groups in total. The predicted octanol–water partition coefficient (Wildman–Crippen LogP) is 4.92. The fourth-order valence-electron chi connectivity index (χ4n) is 4.68. The minimum absolute atomic E-state index is 0.609. The van der Waals surface area contributed by atoms with E-state index in [1.54, 1.807) is 0 Å². The van der Waals surface area contributed by atoms with Crippen LogP contribution in [0.2, 0.25) is 5.02 Å². The maximum atomic E-state index is 12.2. The Morgan fingerprint density at radius 2 is 1.77 bits per heavy atom. The van der Waals surface area contributed by atoms with Crippen LogP contribution in [0.1, 0.15) is 17.2 Å². The first-order valence-electron chi connectivity index (χ1n) is 10.5. The van der Waals surface area contributed by atoms with Crippen molar-refractivity contribution in [3.63, 3.8) is 0 Å². The molecule has 0 amide bonds. The lowest BCUT2D eigenvalue weighted by atomic mass is 10.0. The quantitative estimate of drug-likeness (QED) is 0.469. The Hall–Kier alpha value is -2.86. The van der Waals surface area contributed by atoms with Gasteiger partial charge in [-0.25, -0.2) is 0 Å². The monoisotopic (exact) mass is 433 g/mol. The molecule has 5 rings (SSSR count). The molecule has 3 aromatic carbocycles. The van der Waals surface area contributed by atoms with E-state index in [1.807, 2.05) is 24.4 Å². The molecular weight excluding hydrogens is 410 g/mol. The number of aromatic nitrogens is 1. The molecule has 4 aromatic rings. The highest BCUT2D eigenvalue weighted by molar-refractivity contribution is 6.31. The molecule has 1 aliphatic heterocycles. The zero-order valence-corrected chi connectivity index (χ0v) is 17.8. The molecule has 2 heterocycles. The van der Waals surface area contributed by atoms with Crippen LogP contribution in [0.25, 0.3) is 21.7 Å². The van der Waals surface area contributed by atoms with Crippen LogP contribution in [0, 0.1) is 0 Å². The summed E-state index contributed by atoms with van der Waals surface area (Å²) in [6.45, 7) is 3.94. The first-order valence-corrected chi connectivity index (χ1v) is 10.9. The Morgan fingerprint density at radius 1 is 1.00 bits per heavy atom. The average molecular weight is 434 g/mol. The highest BCUT2D eigenvalue weighted by Crippen LogP contribution is 2.31. The molecule has 1 aliphatic rings. The third-order valence-electron chi connectivity index (χ3n) is 6.25. The molecular formula is C25H24ClN3O2. The van der Waals surface area contributed by atoms with E-state index in [0.29, 0.717) is 18.1 Å². The number of carboxylic acid groups (broad SMARTS) is 1. The first-order chi connectivity index (χ1) is 15.1. The van der Waals surface area contributed by atoms with Crippen LogP contribution in [0.5, 0.6) is 0 Å². The molecule has 0 radical (unpaired) electrons. The van der Waals surface area contributed by atoms with Crippen molar-refractivity contribution in [2.24, 2.45) is 0 Å². The minimum Gasteiger partial charge on any atom is -0.480 e. The summed E-state index contributed by atoms with van der Waals surface area (Å²) in [6.07, 6.45) is 1.81.